The number of hydrogen-bond acceptors (Lipinski definition) is 8. The summed E-state index contributed by atoms with van der Waals surface area (Å²) in [6.45, 7) is 2.15. The lowest BCUT2D eigenvalue weighted by Crippen LogP contribution is -2.29. The van der Waals surface area contributed by atoms with Crippen molar-refractivity contribution in [1.29, 1.82) is 0 Å². The molecular formula is C28H32BrN7O3S. The molecule has 0 unspecified atom stereocenters. The number of nitrogens with one attached hydrogen (secondary N) is 2. The first-order valence-electron chi connectivity index (χ1n) is 13.4. The number of benzene rings is 1. The molecule has 0 radical (unpaired) electrons. The molecule has 1 aliphatic rings. The Morgan fingerprint density at radius 3 is 2.70 bits per heavy atom. The van der Waals surface area contributed by atoms with Crippen molar-refractivity contribution in [2.24, 2.45) is 5.92 Å². The van der Waals surface area contributed by atoms with E-state index in [1.165, 1.54) is 24.4 Å². The van der Waals surface area contributed by atoms with Crippen molar-refractivity contribution in [3.8, 4) is 17.0 Å². The van der Waals surface area contributed by atoms with E-state index in [4.69, 9.17) is 14.8 Å². The lowest BCUT2D eigenvalue weighted by Gasteiger charge is -2.11. The molecule has 3 aromatic heterocycles. The second kappa shape index (κ2) is 12.9. The summed E-state index contributed by atoms with van der Waals surface area (Å²) in [5, 5.41) is 12.9. The molecule has 10 nitrogen and oxygen atoms in total. The predicted molar refractivity (Wildman–Crippen MR) is 160 cm³/mol. The van der Waals surface area contributed by atoms with Crippen LogP contribution in [0.4, 0.5) is 10.6 Å². The zero-order valence-electron chi connectivity index (χ0n) is 22.5. The van der Waals surface area contributed by atoms with Gasteiger partial charge in [0.2, 0.25) is 0 Å². The topological polar surface area (TPSA) is 114 Å². The van der Waals surface area contributed by atoms with Crippen LogP contribution in [0.25, 0.3) is 22.3 Å². The van der Waals surface area contributed by atoms with Crippen molar-refractivity contribution < 1.29 is 14.3 Å². The van der Waals surface area contributed by atoms with Crippen LogP contribution in [-0.4, -0.2) is 63.2 Å². The van der Waals surface area contributed by atoms with Gasteiger partial charge in [-0.05, 0) is 104 Å². The van der Waals surface area contributed by atoms with Crippen LogP contribution in [0, 0.1) is 5.92 Å². The van der Waals surface area contributed by atoms with E-state index in [-0.39, 0.29) is 5.91 Å². The van der Waals surface area contributed by atoms with Gasteiger partial charge in [-0.2, -0.15) is 5.10 Å². The molecule has 210 valence electrons. The average Bonchev–Trinajstić information content (AvgIpc) is 3.46. The largest absolute Gasteiger partial charge is 0.412 e. The summed E-state index contributed by atoms with van der Waals surface area (Å²) >= 11 is 4.90. The maximum Gasteiger partial charge on any atom is 0.412 e. The number of rotatable bonds is 12. The molecule has 1 saturated carbocycles. The van der Waals surface area contributed by atoms with Gasteiger partial charge in [0.15, 0.2) is 11.5 Å². The molecule has 40 heavy (non-hydrogen) atoms. The lowest BCUT2D eigenvalue weighted by atomic mass is 10.1. The molecule has 3 heterocycles. The first-order valence-corrected chi connectivity index (χ1v) is 15.0. The van der Waals surface area contributed by atoms with E-state index >= 15 is 0 Å². The first-order chi connectivity index (χ1) is 19.4. The number of pyridine rings is 1. The summed E-state index contributed by atoms with van der Waals surface area (Å²) in [5.74, 6) is 1.49. The number of aryl methyl sites for hydroxylation is 1. The zero-order chi connectivity index (χ0) is 28.1. The Labute approximate surface area is 245 Å². The Kier molecular flexibility index (Phi) is 9.08. The smallest absolute Gasteiger partial charge is 0.410 e. The third kappa shape index (κ3) is 7.23. The van der Waals surface area contributed by atoms with Crippen LogP contribution in [0.2, 0.25) is 0 Å². The van der Waals surface area contributed by atoms with Crippen LogP contribution in [0.1, 0.15) is 42.5 Å². The van der Waals surface area contributed by atoms with Crippen LogP contribution in [-0.2, 0) is 6.54 Å². The van der Waals surface area contributed by atoms with Crippen molar-refractivity contribution in [2.75, 3.05) is 32.5 Å². The first kappa shape index (κ1) is 28.2. The highest BCUT2D eigenvalue weighted by Gasteiger charge is 2.22. The maximum atomic E-state index is 12.8. The summed E-state index contributed by atoms with van der Waals surface area (Å²) in [4.78, 5) is 31.9. The Morgan fingerprint density at radius 1 is 1.20 bits per heavy atom. The van der Waals surface area contributed by atoms with Gasteiger partial charge in [-0.25, -0.2) is 18.8 Å². The number of aromatic nitrogens is 4. The molecule has 0 spiro atoms. The summed E-state index contributed by atoms with van der Waals surface area (Å²) < 4.78 is 12.1. The summed E-state index contributed by atoms with van der Waals surface area (Å²) in [7, 11) is 3.99. The van der Waals surface area contributed by atoms with Gasteiger partial charge in [0.05, 0.1) is 22.8 Å². The number of amides is 2. The molecule has 0 saturated heterocycles. The van der Waals surface area contributed by atoms with Gasteiger partial charge in [0, 0.05) is 28.5 Å². The fourth-order valence-electron chi connectivity index (χ4n) is 4.37. The number of fused-ring (bicyclic) bond motifs is 1. The summed E-state index contributed by atoms with van der Waals surface area (Å²) in [5.41, 5.74) is 2.78. The molecule has 0 bridgehead atoms. The molecule has 5 rings (SSSR count). The van der Waals surface area contributed by atoms with E-state index in [1.807, 2.05) is 37.0 Å². The highest BCUT2D eigenvalue weighted by Crippen LogP contribution is 2.35. The molecule has 4 aromatic rings. The van der Waals surface area contributed by atoms with Gasteiger partial charge in [-0.15, -0.1) is 0 Å². The van der Waals surface area contributed by atoms with Crippen molar-refractivity contribution in [3.05, 3.63) is 51.9 Å². The molecule has 0 atom stereocenters. The number of halogens is 1. The predicted octanol–water partition coefficient (Wildman–Crippen LogP) is 5.80. The molecule has 12 heteroatoms. The van der Waals surface area contributed by atoms with Gasteiger partial charge >= 0.3 is 6.09 Å². The highest BCUT2D eigenvalue weighted by atomic mass is 79.9. The average molecular weight is 627 g/mol. The monoisotopic (exact) mass is 625 g/mol. The van der Waals surface area contributed by atoms with Crippen LogP contribution in [0.15, 0.2) is 46.4 Å². The minimum Gasteiger partial charge on any atom is -0.410 e. The molecular weight excluding hydrogens is 594 g/mol. The van der Waals surface area contributed by atoms with E-state index in [9.17, 15) is 9.59 Å². The van der Waals surface area contributed by atoms with Gasteiger partial charge in [-0.1, -0.05) is 12.8 Å². The standard InChI is InChI=1S/C28H32BrN7O3S/c1-35(2)13-4-12-30-28(38)39-21-10-8-19(9-11-21)24-23(29)15-22-25(33-27(37)20-16-31-40-17-20)34-36(26(22)32-24)14-3-5-18-6-7-18/h8-11,15-18H,3-7,12-14H2,1-2H3,(H,30,38)(H,33,34,37). The Balaban J connectivity index is 1.34. The molecule has 1 fully saturated rings. The molecule has 1 aromatic carbocycles. The molecule has 0 aliphatic heterocycles. The summed E-state index contributed by atoms with van der Waals surface area (Å²) in [6.07, 6.45) is 6.69. The molecule has 1 aliphatic carbocycles. The minimum absolute atomic E-state index is 0.254. The van der Waals surface area contributed by atoms with Gasteiger partial charge in [0.1, 0.15) is 5.75 Å². The number of hydrogen-bond donors (Lipinski definition) is 2. The SMILES string of the molecule is CN(C)CCCNC(=O)Oc1ccc(-c2nc3c(cc2Br)c(NC(=O)c2cnsc2)nn3CCCC2CC2)cc1. The van der Waals surface area contributed by atoms with Crippen molar-refractivity contribution in [3.63, 3.8) is 0 Å². The number of ether oxygens (including phenoxy) is 1. The fourth-order valence-corrected chi connectivity index (χ4v) is 5.43. The second-order valence-corrected chi connectivity index (χ2v) is 11.7. The maximum absolute atomic E-state index is 12.8. The third-order valence-electron chi connectivity index (χ3n) is 6.67. The molecule has 2 N–H and O–H groups in total. The van der Waals surface area contributed by atoms with E-state index < -0.39 is 6.09 Å². The number of nitrogens with zero attached hydrogens (tertiary/aromatic N) is 5. The Bertz CT molecular complexity index is 1470. The van der Waals surface area contributed by atoms with Crippen LogP contribution < -0.4 is 15.4 Å². The lowest BCUT2D eigenvalue weighted by molar-refractivity contribution is 0.102. The van der Waals surface area contributed by atoms with Gasteiger partial charge in [0.25, 0.3) is 5.91 Å². The van der Waals surface area contributed by atoms with Crippen LogP contribution in [0.3, 0.4) is 0 Å². The van der Waals surface area contributed by atoms with Crippen molar-refractivity contribution in [2.45, 2.75) is 38.6 Å². The van der Waals surface area contributed by atoms with Crippen LogP contribution in [0.5, 0.6) is 5.75 Å². The number of anilines is 1. The second-order valence-electron chi connectivity index (χ2n) is 10.2. The Hall–Kier alpha value is -3.35. The molecule has 2 amide bonds. The van der Waals surface area contributed by atoms with E-state index in [1.54, 1.807) is 23.7 Å². The number of carbonyl (C=O) groups is 2. The normalized spacial score (nSPS) is 13.1. The highest BCUT2D eigenvalue weighted by molar-refractivity contribution is 9.10. The van der Waals surface area contributed by atoms with E-state index in [0.29, 0.717) is 35.9 Å². The minimum atomic E-state index is -0.477. The third-order valence-corrected chi connectivity index (χ3v) is 7.86. The van der Waals surface area contributed by atoms with Gasteiger partial charge in [-0.3, -0.25) is 4.79 Å². The van der Waals surface area contributed by atoms with Crippen molar-refractivity contribution >= 4 is 56.3 Å². The summed E-state index contributed by atoms with van der Waals surface area (Å²) in [6, 6.07) is 9.18. The number of carbonyl (C=O) groups excluding carboxylic acids is 2. The van der Waals surface area contributed by atoms with Gasteiger partial charge < -0.3 is 20.3 Å². The van der Waals surface area contributed by atoms with Crippen molar-refractivity contribution in [1.82, 2.24) is 29.4 Å². The van der Waals surface area contributed by atoms with E-state index in [2.05, 4.69) is 35.8 Å². The quantitative estimate of drug-likeness (QED) is 0.191. The fraction of sp³-hybridized carbons (Fsp3) is 0.393. The van der Waals surface area contributed by atoms with Crippen LogP contribution >= 0.6 is 27.5 Å². The zero-order valence-corrected chi connectivity index (χ0v) is 24.9. The van der Waals surface area contributed by atoms with E-state index in [0.717, 1.165) is 52.8 Å². The Morgan fingerprint density at radius 2 is 2.00 bits per heavy atom.